The van der Waals surface area contributed by atoms with Gasteiger partial charge in [-0.25, -0.2) is 4.79 Å². The van der Waals surface area contributed by atoms with Gasteiger partial charge in [-0.2, -0.15) is 0 Å². The Morgan fingerprint density at radius 2 is 1.90 bits per heavy atom. The summed E-state index contributed by atoms with van der Waals surface area (Å²) in [6, 6.07) is 0. The Balaban J connectivity index is 2.08. The molecule has 1 amide bonds. The van der Waals surface area contributed by atoms with Crippen molar-refractivity contribution in [2.24, 2.45) is 5.92 Å². The summed E-state index contributed by atoms with van der Waals surface area (Å²) in [5, 5.41) is 11.6. The van der Waals surface area contributed by atoms with Crippen LogP contribution in [0.4, 0.5) is 4.79 Å². The van der Waals surface area contributed by atoms with Crippen LogP contribution in [-0.4, -0.2) is 53.8 Å². The number of likely N-dealkylation sites (tertiary alicyclic amines) is 1. The number of amides is 1. The molecule has 0 aliphatic carbocycles. The first-order chi connectivity index (χ1) is 9.28. The van der Waals surface area contributed by atoms with Gasteiger partial charge in [0.05, 0.1) is 5.92 Å². The van der Waals surface area contributed by atoms with Crippen molar-refractivity contribution in [3.63, 3.8) is 0 Å². The van der Waals surface area contributed by atoms with Crippen molar-refractivity contribution in [1.29, 1.82) is 0 Å². The Kier molecular flexibility index (Phi) is 6.26. The molecule has 0 saturated carbocycles. The number of alkyl carbamates (subject to hydrolysis) is 1. The van der Waals surface area contributed by atoms with Crippen LogP contribution >= 0.6 is 0 Å². The van der Waals surface area contributed by atoms with Crippen molar-refractivity contribution in [2.45, 2.75) is 45.6 Å². The van der Waals surface area contributed by atoms with Gasteiger partial charge in [0.25, 0.3) is 0 Å². The van der Waals surface area contributed by atoms with Gasteiger partial charge in [0.2, 0.25) is 0 Å². The van der Waals surface area contributed by atoms with E-state index in [2.05, 4.69) is 10.2 Å². The molecule has 0 aromatic heterocycles. The molecular weight excluding hydrogens is 260 g/mol. The summed E-state index contributed by atoms with van der Waals surface area (Å²) in [6.07, 6.45) is 1.89. The normalized spacial score (nSPS) is 17.8. The van der Waals surface area contributed by atoms with Crippen molar-refractivity contribution in [2.75, 3.05) is 26.2 Å². The van der Waals surface area contributed by atoms with Gasteiger partial charge in [-0.15, -0.1) is 0 Å². The minimum atomic E-state index is -0.684. The number of carbonyl (C=O) groups is 2. The molecule has 0 radical (unpaired) electrons. The molecule has 0 aromatic rings. The third kappa shape index (κ3) is 6.75. The Hall–Kier alpha value is -1.30. The van der Waals surface area contributed by atoms with Crippen LogP contribution in [0.15, 0.2) is 0 Å². The maximum absolute atomic E-state index is 11.4. The first kappa shape index (κ1) is 16.8. The van der Waals surface area contributed by atoms with Gasteiger partial charge >= 0.3 is 12.1 Å². The molecule has 1 aliphatic heterocycles. The fourth-order valence-corrected chi connectivity index (χ4v) is 2.21. The number of hydrogen-bond donors (Lipinski definition) is 2. The van der Waals surface area contributed by atoms with E-state index in [1.54, 1.807) is 0 Å². The third-order valence-electron chi connectivity index (χ3n) is 3.26. The molecule has 0 aromatic carbocycles. The lowest BCUT2D eigenvalue weighted by molar-refractivity contribution is -0.143. The van der Waals surface area contributed by atoms with Crippen LogP contribution in [0.5, 0.6) is 0 Å². The van der Waals surface area contributed by atoms with E-state index in [-0.39, 0.29) is 12.0 Å². The maximum atomic E-state index is 11.4. The van der Waals surface area contributed by atoms with E-state index in [1.165, 1.54) is 0 Å². The van der Waals surface area contributed by atoms with Crippen molar-refractivity contribution in [3.05, 3.63) is 0 Å². The number of ether oxygens (including phenoxy) is 1. The van der Waals surface area contributed by atoms with Crippen LogP contribution in [0.3, 0.4) is 0 Å². The van der Waals surface area contributed by atoms with Crippen LogP contribution < -0.4 is 5.32 Å². The Morgan fingerprint density at radius 3 is 2.40 bits per heavy atom. The third-order valence-corrected chi connectivity index (χ3v) is 3.26. The predicted octanol–water partition coefficient (Wildman–Crippen LogP) is 1.70. The molecule has 1 aliphatic rings. The molecule has 0 unspecified atom stereocenters. The maximum Gasteiger partial charge on any atom is 0.407 e. The topological polar surface area (TPSA) is 78.9 Å². The SMILES string of the molecule is CC(C)(C)OC(=O)NCCCN1CCC(C(=O)O)CC1. The second-order valence-corrected chi connectivity index (χ2v) is 6.24. The molecule has 1 saturated heterocycles. The number of nitrogens with zero attached hydrogens (tertiary/aromatic N) is 1. The van der Waals surface area contributed by atoms with Crippen molar-refractivity contribution < 1.29 is 19.4 Å². The Labute approximate surface area is 120 Å². The fourth-order valence-electron chi connectivity index (χ4n) is 2.21. The summed E-state index contributed by atoms with van der Waals surface area (Å²) >= 11 is 0. The van der Waals surface area contributed by atoms with Crippen LogP contribution in [0, 0.1) is 5.92 Å². The van der Waals surface area contributed by atoms with Gasteiger partial charge < -0.3 is 20.1 Å². The number of nitrogens with one attached hydrogen (secondary N) is 1. The van der Waals surface area contributed by atoms with Gasteiger partial charge in [0.15, 0.2) is 0 Å². The zero-order chi connectivity index (χ0) is 15.2. The molecule has 1 rings (SSSR count). The van der Waals surface area contributed by atoms with E-state index in [4.69, 9.17) is 9.84 Å². The summed E-state index contributed by atoms with van der Waals surface area (Å²) in [6.45, 7) is 8.60. The zero-order valence-electron chi connectivity index (χ0n) is 12.6. The van der Waals surface area contributed by atoms with Crippen LogP contribution in [0.2, 0.25) is 0 Å². The first-order valence-electron chi connectivity index (χ1n) is 7.20. The number of hydrogen-bond acceptors (Lipinski definition) is 4. The van der Waals surface area contributed by atoms with Crippen LogP contribution in [-0.2, 0) is 9.53 Å². The van der Waals surface area contributed by atoms with E-state index >= 15 is 0 Å². The quantitative estimate of drug-likeness (QED) is 0.752. The van der Waals surface area contributed by atoms with E-state index in [9.17, 15) is 9.59 Å². The van der Waals surface area contributed by atoms with Crippen LogP contribution in [0.25, 0.3) is 0 Å². The minimum Gasteiger partial charge on any atom is -0.481 e. The lowest BCUT2D eigenvalue weighted by Crippen LogP contribution is -2.38. The molecule has 2 N–H and O–H groups in total. The molecule has 0 spiro atoms. The highest BCUT2D eigenvalue weighted by Gasteiger charge is 2.24. The number of carbonyl (C=O) groups excluding carboxylic acids is 1. The fraction of sp³-hybridized carbons (Fsp3) is 0.857. The smallest absolute Gasteiger partial charge is 0.407 e. The summed E-state index contributed by atoms with van der Waals surface area (Å²) in [5.74, 6) is -0.873. The van der Waals surface area contributed by atoms with E-state index in [0.29, 0.717) is 6.54 Å². The zero-order valence-corrected chi connectivity index (χ0v) is 12.6. The molecule has 20 heavy (non-hydrogen) atoms. The van der Waals surface area contributed by atoms with Gasteiger partial charge in [-0.05, 0) is 59.7 Å². The lowest BCUT2D eigenvalue weighted by atomic mass is 9.97. The van der Waals surface area contributed by atoms with Gasteiger partial charge in [-0.1, -0.05) is 0 Å². The Bertz CT molecular complexity index is 331. The standard InChI is InChI=1S/C14H26N2O4/c1-14(2,3)20-13(19)15-7-4-8-16-9-5-11(6-10-16)12(17)18/h11H,4-10H2,1-3H3,(H,15,19)(H,17,18). The highest BCUT2D eigenvalue weighted by molar-refractivity contribution is 5.70. The van der Waals surface area contributed by atoms with Crippen LogP contribution in [0.1, 0.15) is 40.0 Å². The summed E-state index contributed by atoms with van der Waals surface area (Å²) < 4.78 is 5.14. The summed E-state index contributed by atoms with van der Waals surface area (Å²) in [7, 11) is 0. The van der Waals surface area contributed by atoms with Gasteiger partial charge in [0, 0.05) is 6.54 Å². The number of rotatable bonds is 5. The molecule has 0 bridgehead atoms. The molecule has 116 valence electrons. The van der Waals surface area contributed by atoms with E-state index in [1.807, 2.05) is 20.8 Å². The molecule has 6 heteroatoms. The van der Waals surface area contributed by atoms with E-state index in [0.717, 1.165) is 38.9 Å². The first-order valence-corrected chi connectivity index (χ1v) is 7.20. The molecule has 1 fully saturated rings. The van der Waals surface area contributed by atoms with Crippen molar-refractivity contribution in [3.8, 4) is 0 Å². The average molecular weight is 286 g/mol. The largest absolute Gasteiger partial charge is 0.481 e. The van der Waals surface area contributed by atoms with Gasteiger partial charge in [0.1, 0.15) is 5.60 Å². The summed E-state index contributed by atoms with van der Waals surface area (Å²) in [4.78, 5) is 24.5. The number of piperidine rings is 1. The van der Waals surface area contributed by atoms with Crippen molar-refractivity contribution in [1.82, 2.24) is 10.2 Å². The highest BCUT2D eigenvalue weighted by Crippen LogP contribution is 2.17. The second-order valence-electron chi connectivity index (χ2n) is 6.24. The molecule has 1 heterocycles. The average Bonchev–Trinajstić information content (AvgIpc) is 2.33. The second kappa shape index (κ2) is 7.47. The van der Waals surface area contributed by atoms with Crippen molar-refractivity contribution >= 4 is 12.1 Å². The highest BCUT2D eigenvalue weighted by atomic mass is 16.6. The number of carboxylic acid groups (broad SMARTS) is 1. The number of carboxylic acids is 1. The predicted molar refractivity (Wildman–Crippen MR) is 75.7 cm³/mol. The number of aliphatic carboxylic acids is 1. The molecule has 6 nitrogen and oxygen atoms in total. The van der Waals surface area contributed by atoms with Gasteiger partial charge in [-0.3, -0.25) is 4.79 Å². The Morgan fingerprint density at radius 1 is 1.30 bits per heavy atom. The summed E-state index contributed by atoms with van der Waals surface area (Å²) in [5.41, 5.74) is -0.469. The monoisotopic (exact) mass is 286 g/mol. The minimum absolute atomic E-state index is 0.189. The lowest BCUT2D eigenvalue weighted by Gasteiger charge is -2.29. The van der Waals surface area contributed by atoms with E-state index < -0.39 is 11.6 Å². The molecular formula is C14H26N2O4. The molecule has 0 atom stereocenters.